The molecule has 4 nitrogen and oxygen atoms in total. The van der Waals surface area contributed by atoms with Crippen molar-refractivity contribution >= 4 is 23.1 Å². The normalized spacial score (nSPS) is 21.4. The first-order chi connectivity index (χ1) is 7.02. The summed E-state index contributed by atoms with van der Waals surface area (Å²) in [5.74, 6) is -0.853. The van der Waals surface area contributed by atoms with Gasteiger partial charge in [-0.25, -0.2) is 4.79 Å². The lowest BCUT2D eigenvalue weighted by Gasteiger charge is -2.23. The molecule has 0 aromatic heterocycles. The van der Waals surface area contributed by atoms with Crippen LogP contribution < -0.4 is 5.73 Å². The van der Waals surface area contributed by atoms with E-state index in [4.69, 9.17) is 27.8 Å². The van der Waals surface area contributed by atoms with Gasteiger partial charge in [0.25, 0.3) is 0 Å². The van der Waals surface area contributed by atoms with Crippen LogP contribution in [-0.4, -0.2) is 29.1 Å². The van der Waals surface area contributed by atoms with Crippen molar-refractivity contribution in [2.45, 2.75) is 19.4 Å². The Labute approximate surface area is 93.4 Å². The molecule has 15 heavy (non-hydrogen) atoms. The monoisotopic (exact) mass is 227 g/mol. The molecule has 0 radical (unpaired) electrons. The first-order valence-electron chi connectivity index (χ1n) is 4.54. The molecular weight excluding hydrogens is 214 g/mol. The zero-order valence-corrected chi connectivity index (χ0v) is 9.43. The van der Waals surface area contributed by atoms with Crippen LogP contribution in [0.25, 0.3) is 0 Å². The number of hydrogen-bond donors (Lipinski definition) is 2. The first-order valence-corrected chi connectivity index (χ1v) is 4.95. The van der Waals surface area contributed by atoms with Gasteiger partial charge in [-0.1, -0.05) is 19.1 Å². The van der Waals surface area contributed by atoms with Gasteiger partial charge in [0.15, 0.2) is 0 Å². The fourth-order valence-electron chi connectivity index (χ4n) is 1.47. The van der Waals surface area contributed by atoms with Crippen LogP contribution in [0.5, 0.6) is 0 Å². The quantitative estimate of drug-likeness (QED) is 0.704. The summed E-state index contributed by atoms with van der Waals surface area (Å²) in [7, 11) is 1.39. The Morgan fingerprint density at radius 3 is 2.73 bits per heavy atom. The number of thiocarbonyl (C=S) groups is 1. The fourth-order valence-corrected chi connectivity index (χ4v) is 1.82. The minimum atomic E-state index is -1.05. The molecule has 82 valence electrons. The standard InChI is InChI=1S/C10H13NO3S/c1-3-5-4-6(10(12)13)8(14-2)9(15)7(5)11/h4,7H,3,11H2,1-2H3,(H,12,13). The Kier molecular flexibility index (Phi) is 3.60. The smallest absolute Gasteiger partial charge is 0.339 e. The van der Waals surface area contributed by atoms with E-state index in [1.54, 1.807) is 6.08 Å². The summed E-state index contributed by atoms with van der Waals surface area (Å²) >= 11 is 5.08. The van der Waals surface area contributed by atoms with E-state index in [0.29, 0.717) is 11.3 Å². The number of carbonyl (C=O) groups is 1. The predicted molar refractivity (Wildman–Crippen MR) is 60.6 cm³/mol. The van der Waals surface area contributed by atoms with Gasteiger partial charge in [0.05, 0.1) is 18.0 Å². The SMILES string of the molecule is CCC1=CC(C(=O)O)=C(OC)C(=S)C1N. The topological polar surface area (TPSA) is 72.5 Å². The van der Waals surface area contributed by atoms with Crippen LogP contribution in [0, 0.1) is 0 Å². The van der Waals surface area contributed by atoms with E-state index in [-0.39, 0.29) is 11.3 Å². The number of aliphatic carboxylic acids is 1. The number of ether oxygens (including phenoxy) is 1. The Morgan fingerprint density at radius 1 is 1.73 bits per heavy atom. The summed E-state index contributed by atoms with van der Waals surface area (Å²) in [6, 6.07) is -0.414. The summed E-state index contributed by atoms with van der Waals surface area (Å²) in [6.45, 7) is 1.91. The lowest BCUT2D eigenvalue weighted by Crippen LogP contribution is -2.36. The zero-order chi connectivity index (χ0) is 11.6. The third kappa shape index (κ3) is 2.08. The van der Waals surface area contributed by atoms with Crippen LogP contribution in [0.2, 0.25) is 0 Å². The lowest BCUT2D eigenvalue weighted by atomic mass is 9.92. The molecule has 0 amide bonds. The summed E-state index contributed by atoms with van der Waals surface area (Å²) in [6.07, 6.45) is 2.22. The molecule has 5 heteroatoms. The molecule has 1 rings (SSSR count). The second-order valence-corrected chi connectivity index (χ2v) is 3.61. The molecule has 0 saturated carbocycles. The van der Waals surface area contributed by atoms with Gasteiger partial charge in [0.1, 0.15) is 11.3 Å². The molecule has 0 aromatic carbocycles. The van der Waals surface area contributed by atoms with E-state index in [1.165, 1.54) is 7.11 Å². The van der Waals surface area contributed by atoms with Crippen molar-refractivity contribution in [2.75, 3.05) is 7.11 Å². The van der Waals surface area contributed by atoms with Crippen LogP contribution in [0.15, 0.2) is 23.0 Å². The van der Waals surface area contributed by atoms with E-state index < -0.39 is 12.0 Å². The van der Waals surface area contributed by atoms with Gasteiger partial charge in [-0.15, -0.1) is 0 Å². The van der Waals surface area contributed by atoms with Crippen LogP contribution in [0.3, 0.4) is 0 Å². The van der Waals surface area contributed by atoms with Crippen molar-refractivity contribution < 1.29 is 14.6 Å². The van der Waals surface area contributed by atoms with Crippen molar-refractivity contribution in [3.05, 3.63) is 23.0 Å². The van der Waals surface area contributed by atoms with E-state index in [9.17, 15) is 4.79 Å². The van der Waals surface area contributed by atoms with Gasteiger partial charge in [-0.3, -0.25) is 0 Å². The average Bonchev–Trinajstić information content (AvgIpc) is 2.21. The van der Waals surface area contributed by atoms with Crippen LogP contribution in [-0.2, 0) is 9.53 Å². The summed E-state index contributed by atoms with van der Waals surface area (Å²) in [5, 5.41) is 8.97. The van der Waals surface area contributed by atoms with E-state index in [1.807, 2.05) is 6.92 Å². The largest absolute Gasteiger partial charge is 0.495 e. The molecule has 0 saturated heterocycles. The molecule has 3 N–H and O–H groups in total. The molecule has 0 heterocycles. The van der Waals surface area contributed by atoms with Gasteiger partial charge in [0.2, 0.25) is 0 Å². The van der Waals surface area contributed by atoms with Gasteiger partial charge in [0, 0.05) is 0 Å². The minimum Gasteiger partial charge on any atom is -0.495 e. The Morgan fingerprint density at radius 2 is 2.33 bits per heavy atom. The van der Waals surface area contributed by atoms with Crippen molar-refractivity contribution in [1.29, 1.82) is 0 Å². The molecule has 0 aliphatic heterocycles. The first kappa shape index (κ1) is 11.9. The van der Waals surface area contributed by atoms with Gasteiger partial charge in [-0.2, -0.15) is 0 Å². The van der Waals surface area contributed by atoms with Crippen molar-refractivity contribution in [2.24, 2.45) is 5.73 Å². The number of rotatable bonds is 3. The van der Waals surface area contributed by atoms with E-state index >= 15 is 0 Å². The van der Waals surface area contributed by atoms with E-state index in [2.05, 4.69) is 0 Å². The maximum Gasteiger partial charge on any atom is 0.339 e. The third-order valence-corrected chi connectivity index (χ3v) is 2.76. The minimum absolute atomic E-state index is 0.0843. The summed E-state index contributed by atoms with van der Waals surface area (Å²) < 4.78 is 4.97. The maximum absolute atomic E-state index is 11.0. The number of carboxylic acids is 1. The highest BCUT2D eigenvalue weighted by Gasteiger charge is 2.28. The van der Waals surface area contributed by atoms with Crippen molar-refractivity contribution in [3.8, 4) is 0 Å². The lowest BCUT2D eigenvalue weighted by molar-refractivity contribution is -0.132. The number of nitrogens with two attached hydrogens (primary N) is 1. The molecule has 0 aromatic rings. The predicted octanol–water partition coefficient (Wildman–Crippen LogP) is 1.02. The second-order valence-electron chi connectivity index (χ2n) is 3.17. The highest BCUT2D eigenvalue weighted by atomic mass is 32.1. The Balaban J connectivity index is 3.28. The van der Waals surface area contributed by atoms with Crippen molar-refractivity contribution in [3.63, 3.8) is 0 Å². The Hall–Kier alpha value is -1.20. The number of methoxy groups -OCH3 is 1. The Bertz CT molecular complexity index is 371. The molecule has 0 bridgehead atoms. The van der Waals surface area contributed by atoms with Gasteiger partial charge < -0.3 is 15.6 Å². The zero-order valence-electron chi connectivity index (χ0n) is 8.61. The summed E-state index contributed by atoms with van der Waals surface area (Å²) in [5.41, 5.74) is 6.75. The molecular formula is C10H13NO3S. The van der Waals surface area contributed by atoms with Crippen LogP contribution >= 0.6 is 12.2 Å². The average molecular weight is 227 g/mol. The van der Waals surface area contributed by atoms with Crippen molar-refractivity contribution in [1.82, 2.24) is 0 Å². The molecule has 1 atom stereocenters. The molecule has 1 aliphatic rings. The molecule has 0 spiro atoms. The highest BCUT2D eigenvalue weighted by molar-refractivity contribution is 7.81. The van der Waals surface area contributed by atoms with Crippen LogP contribution in [0.4, 0.5) is 0 Å². The maximum atomic E-state index is 11.0. The fraction of sp³-hybridized carbons (Fsp3) is 0.400. The van der Waals surface area contributed by atoms with Crippen LogP contribution in [0.1, 0.15) is 13.3 Å². The van der Waals surface area contributed by atoms with E-state index in [0.717, 1.165) is 5.57 Å². The molecule has 1 unspecified atom stereocenters. The highest BCUT2D eigenvalue weighted by Crippen LogP contribution is 2.24. The molecule has 0 fully saturated rings. The number of hydrogen-bond acceptors (Lipinski definition) is 4. The number of carboxylic acid groups (broad SMARTS) is 1. The second kappa shape index (κ2) is 4.55. The molecule has 1 aliphatic carbocycles. The van der Waals surface area contributed by atoms with Gasteiger partial charge >= 0.3 is 5.97 Å². The van der Waals surface area contributed by atoms with Gasteiger partial charge in [-0.05, 0) is 18.1 Å². The third-order valence-electron chi connectivity index (χ3n) is 2.32. The summed E-state index contributed by atoms with van der Waals surface area (Å²) in [4.78, 5) is 11.3.